The van der Waals surface area contributed by atoms with Gasteiger partial charge in [-0.15, -0.1) is 0 Å². The summed E-state index contributed by atoms with van der Waals surface area (Å²) in [5, 5.41) is 0. The van der Waals surface area contributed by atoms with E-state index in [4.69, 9.17) is 0 Å². The van der Waals surface area contributed by atoms with E-state index >= 15 is 0 Å². The molecule has 1 atom stereocenters. The van der Waals surface area contributed by atoms with Crippen molar-refractivity contribution in [2.45, 2.75) is 25.7 Å². The average molecular weight is 159 g/mol. The van der Waals surface area contributed by atoms with E-state index in [1.54, 1.807) is 0 Å². The van der Waals surface area contributed by atoms with Crippen LogP contribution in [0.5, 0.6) is 0 Å². The number of aliphatic imine (C=N–C) groups is 1. The summed E-state index contributed by atoms with van der Waals surface area (Å²) in [6.07, 6.45) is 3.19. The molecular formula is C11H13N. The SMILES string of the molecule is CC[C@]1(C)C=Nc2ccccc21. The summed E-state index contributed by atoms with van der Waals surface area (Å²) >= 11 is 0. The van der Waals surface area contributed by atoms with Crippen LogP contribution in [-0.4, -0.2) is 6.21 Å². The first-order valence-electron chi connectivity index (χ1n) is 4.41. The van der Waals surface area contributed by atoms with Gasteiger partial charge in [-0.1, -0.05) is 32.0 Å². The molecule has 0 unspecified atom stereocenters. The maximum absolute atomic E-state index is 4.40. The van der Waals surface area contributed by atoms with E-state index in [0.717, 1.165) is 12.1 Å². The van der Waals surface area contributed by atoms with Gasteiger partial charge in [0.25, 0.3) is 0 Å². The van der Waals surface area contributed by atoms with E-state index < -0.39 is 0 Å². The lowest BCUT2D eigenvalue weighted by Crippen LogP contribution is -2.18. The molecule has 62 valence electrons. The molecule has 1 aromatic carbocycles. The van der Waals surface area contributed by atoms with Gasteiger partial charge < -0.3 is 0 Å². The molecule has 1 aliphatic heterocycles. The number of nitrogens with zero attached hydrogens (tertiary/aromatic N) is 1. The second-order valence-corrected chi connectivity index (χ2v) is 3.55. The van der Waals surface area contributed by atoms with Crippen molar-refractivity contribution in [1.82, 2.24) is 0 Å². The normalized spacial score (nSPS) is 25.8. The quantitative estimate of drug-likeness (QED) is 0.597. The second-order valence-electron chi connectivity index (χ2n) is 3.55. The molecule has 0 fully saturated rings. The highest BCUT2D eigenvalue weighted by Crippen LogP contribution is 2.38. The van der Waals surface area contributed by atoms with E-state index in [0.29, 0.717) is 0 Å². The van der Waals surface area contributed by atoms with E-state index in [2.05, 4.69) is 43.3 Å². The monoisotopic (exact) mass is 159 g/mol. The second kappa shape index (κ2) is 2.44. The van der Waals surface area contributed by atoms with Crippen LogP contribution in [0.3, 0.4) is 0 Å². The molecule has 0 aromatic heterocycles. The lowest BCUT2D eigenvalue weighted by molar-refractivity contribution is 0.638. The summed E-state index contributed by atoms with van der Waals surface area (Å²) in [5.74, 6) is 0. The van der Waals surface area contributed by atoms with Gasteiger partial charge in [0, 0.05) is 11.6 Å². The maximum atomic E-state index is 4.40. The zero-order valence-electron chi connectivity index (χ0n) is 7.54. The van der Waals surface area contributed by atoms with E-state index in [-0.39, 0.29) is 5.41 Å². The Kier molecular flexibility index (Phi) is 1.53. The number of hydrogen-bond donors (Lipinski definition) is 0. The Morgan fingerprint density at radius 2 is 2.08 bits per heavy atom. The largest absolute Gasteiger partial charge is 0.260 e. The number of benzene rings is 1. The summed E-state index contributed by atoms with van der Waals surface area (Å²) in [6, 6.07) is 8.37. The van der Waals surface area contributed by atoms with Crippen LogP contribution in [-0.2, 0) is 5.41 Å². The predicted molar refractivity (Wildman–Crippen MR) is 52.2 cm³/mol. The Morgan fingerprint density at radius 3 is 2.83 bits per heavy atom. The van der Waals surface area contributed by atoms with Gasteiger partial charge in [-0.25, -0.2) is 0 Å². The molecule has 1 heterocycles. The Labute approximate surface area is 73.1 Å². The third-order valence-corrected chi connectivity index (χ3v) is 2.74. The van der Waals surface area contributed by atoms with Crippen molar-refractivity contribution in [3.8, 4) is 0 Å². The third kappa shape index (κ3) is 0.893. The van der Waals surface area contributed by atoms with Gasteiger partial charge in [0.15, 0.2) is 0 Å². The minimum absolute atomic E-state index is 0.177. The molecular weight excluding hydrogens is 146 g/mol. The molecule has 0 saturated carbocycles. The van der Waals surface area contributed by atoms with Crippen LogP contribution in [0.1, 0.15) is 25.8 Å². The van der Waals surface area contributed by atoms with Gasteiger partial charge in [-0.3, -0.25) is 4.99 Å². The molecule has 1 heteroatoms. The van der Waals surface area contributed by atoms with Crippen LogP contribution >= 0.6 is 0 Å². The number of rotatable bonds is 1. The van der Waals surface area contributed by atoms with Crippen molar-refractivity contribution < 1.29 is 0 Å². The molecule has 0 aliphatic carbocycles. The van der Waals surface area contributed by atoms with Gasteiger partial charge in [0.1, 0.15) is 0 Å². The van der Waals surface area contributed by atoms with Crippen LogP contribution in [0.4, 0.5) is 5.69 Å². The standard InChI is InChI=1S/C11H13N/c1-3-11(2)8-12-10-7-5-4-6-9(10)11/h4-8H,3H2,1-2H3/t11-/m1/s1. The van der Waals surface area contributed by atoms with E-state index in [1.165, 1.54) is 5.56 Å². The average Bonchev–Trinajstić information content (AvgIpc) is 2.46. The van der Waals surface area contributed by atoms with Crippen molar-refractivity contribution in [3.63, 3.8) is 0 Å². The fourth-order valence-corrected chi connectivity index (χ4v) is 1.63. The maximum Gasteiger partial charge on any atom is 0.0667 e. The molecule has 12 heavy (non-hydrogen) atoms. The van der Waals surface area contributed by atoms with Crippen LogP contribution in [0.15, 0.2) is 29.3 Å². The van der Waals surface area contributed by atoms with Gasteiger partial charge in [-0.05, 0) is 18.1 Å². The lowest BCUT2D eigenvalue weighted by atomic mass is 9.82. The van der Waals surface area contributed by atoms with Crippen LogP contribution in [0.2, 0.25) is 0 Å². The topological polar surface area (TPSA) is 12.4 Å². The highest BCUT2D eigenvalue weighted by Gasteiger charge is 2.28. The molecule has 2 rings (SSSR count). The molecule has 0 radical (unpaired) electrons. The Morgan fingerprint density at radius 1 is 1.33 bits per heavy atom. The molecule has 0 N–H and O–H groups in total. The van der Waals surface area contributed by atoms with Gasteiger partial charge in [0.05, 0.1) is 5.69 Å². The highest BCUT2D eigenvalue weighted by molar-refractivity contribution is 5.84. The fraction of sp³-hybridized carbons (Fsp3) is 0.364. The van der Waals surface area contributed by atoms with Crippen molar-refractivity contribution in [3.05, 3.63) is 29.8 Å². The Hall–Kier alpha value is -1.11. The first kappa shape index (κ1) is 7.53. The van der Waals surface area contributed by atoms with Crippen LogP contribution in [0.25, 0.3) is 0 Å². The third-order valence-electron chi connectivity index (χ3n) is 2.74. The first-order valence-corrected chi connectivity index (χ1v) is 4.41. The molecule has 0 bridgehead atoms. The van der Waals surface area contributed by atoms with Crippen LogP contribution in [0, 0.1) is 0 Å². The van der Waals surface area contributed by atoms with E-state index in [1.807, 2.05) is 6.07 Å². The molecule has 1 aliphatic rings. The smallest absolute Gasteiger partial charge is 0.0667 e. The first-order chi connectivity index (χ1) is 5.76. The summed E-state index contributed by atoms with van der Waals surface area (Å²) in [4.78, 5) is 4.40. The summed E-state index contributed by atoms with van der Waals surface area (Å²) in [5.41, 5.74) is 2.69. The van der Waals surface area contributed by atoms with Crippen molar-refractivity contribution >= 4 is 11.9 Å². The number of para-hydroxylation sites is 1. The molecule has 0 amide bonds. The Bertz CT molecular complexity index is 328. The van der Waals surface area contributed by atoms with Crippen molar-refractivity contribution in [2.75, 3.05) is 0 Å². The van der Waals surface area contributed by atoms with Gasteiger partial charge in [0.2, 0.25) is 0 Å². The molecule has 1 aromatic rings. The molecule has 0 saturated heterocycles. The zero-order chi connectivity index (χ0) is 8.60. The molecule has 0 spiro atoms. The summed E-state index contributed by atoms with van der Waals surface area (Å²) < 4.78 is 0. The Balaban J connectivity index is 2.56. The summed E-state index contributed by atoms with van der Waals surface area (Å²) in [6.45, 7) is 4.44. The zero-order valence-corrected chi connectivity index (χ0v) is 7.54. The minimum Gasteiger partial charge on any atom is -0.260 e. The van der Waals surface area contributed by atoms with Crippen molar-refractivity contribution in [2.24, 2.45) is 4.99 Å². The van der Waals surface area contributed by atoms with E-state index in [9.17, 15) is 0 Å². The predicted octanol–water partition coefficient (Wildman–Crippen LogP) is 3.07. The minimum atomic E-state index is 0.177. The number of hydrogen-bond acceptors (Lipinski definition) is 1. The fourth-order valence-electron chi connectivity index (χ4n) is 1.63. The van der Waals surface area contributed by atoms with Crippen LogP contribution < -0.4 is 0 Å². The van der Waals surface area contributed by atoms with Crippen molar-refractivity contribution in [1.29, 1.82) is 0 Å². The summed E-state index contributed by atoms with van der Waals surface area (Å²) in [7, 11) is 0. The number of fused-ring (bicyclic) bond motifs is 1. The van der Waals surface area contributed by atoms with Gasteiger partial charge >= 0.3 is 0 Å². The molecule has 1 nitrogen and oxygen atoms in total. The lowest BCUT2D eigenvalue weighted by Gasteiger charge is -2.19. The van der Waals surface area contributed by atoms with Gasteiger partial charge in [-0.2, -0.15) is 0 Å². The highest BCUT2D eigenvalue weighted by atomic mass is 14.8.